The van der Waals surface area contributed by atoms with Gasteiger partial charge in [0.05, 0.1) is 24.0 Å². The maximum absolute atomic E-state index is 12.7. The zero-order valence-electron chi connectivity index (χ0n) is 14.9. The Balaban J connectivity index is 1.85. The van der Waals surface area contributed by atoms with E-state index in [9.17, 15) is 4.79 Å². The molecule has 25 heavy (non-hydrogen) atoms. The molecule has 0 saturated heterocycles. The number of aromatic nitrogens is 2. The van der Waals surface area contributed by atoms with Gasteiger partial charge in [0.1, 0.15) is 5.56 Å². The van der Waals surface area contributed by atoms with Crippen LogP contribution in [0.4, 0.5) is 5.82 Å². The first-order valence-corrected chi connectivity index (χ1v) is 9.21. The Labute approximate surface area is 148 Å². The van der Waals surface area contributed by atoms with E-state index in [0.29, 0.717) is 18.2 Å². The number of amides is 1. The monoisotopic (exact) mass is 336 g/mol. The van der Waals surface area contributed by atoms with Crippen LogP contribution in [0, 0.1) is 6.92 Å². The topological polar surface area (TPSA) is 59.3 Å². The number of hydrogen-bond acceptors (Lipinski definition) is 3. The minimum Gasteiger partial charge on any atom is -0.346 e. The van der Waals surface area contributed by atoms with Crippen molar-refractivity contribution in [2.45, 2.75) is 52.0 Å². The van der Waals surface area contributed by atoms with Crippen molar-refractivity contribution in [1.29, 1.82) is 0 Å². The van der Waals surface area contributed by atoms with Gasteiger partial charge in [0.25, 0.3) is 5.91 Å². The van der Waals surface area contributed by atoms with Crippen molar-refractivity contribution in [3.05, 3.63) is 46.6 Å². The van der Waals surface area contributed by atoms with E-state index in [0.717, 1.165) is 42.0 Å². The zero-order chi connectivity index (χ0) is 17.4. The highest BCUT2D eigenvalue weighted by Gasteiger charge is 2.30. The van der Waals surface area contributed by atoms with Crippen LogP contribution in [0.1, 0.15) is 65.8 Å². The van der Waals surface area contributed by atoms with E-state index in [1.54, 1.807) is 0 Å². The van der Waals surface area contributed by atoms with Gasteiger partial charge in [-0.15, -0.1) is 0 Å². The third kappa shape index (κ3) is 2.88. The lowest BCUT2D eigenvalue weighted by molar-refractivity contribution is 0.0960. The third-order valence-corrected chi connectivity index (χ3v) is 5.23. The molecule has 1 N–H and O–H groups in total. The fourth-order valence-corrected chi connectivity index (χ4v) is 3.79. The van der Waals surface area contributed by atoms with E-state index < -0.39 is 0 Å². The number of aliphatic imine (C=N–C) groups is 1. The second-order valence-electron chi connectivity index (χ2n) is 6.99. The van der Waals surface area contributed by atoms with E-state index in [1.807, 2.05) is 11.6 Å². The van der Waals surface area contributed by atoms with Crippen LogP contribution < -0.4 is 5.32 Å². The molecule has 4 rings (SSSR count). The lowest BCUT2D eigenvalue weighted by Gasteiger charge is -2.12. The van der Waals surface area contributed by atoms with Crippen molar-refractivity contribution >= 4 is 17.4 Å². The van der Waals surface area contributed by atoms with Crippen LogP contribution in [0.15, 0.2) is 29.3 Å². The Morgan fingerprint density at radius 3 is 2.60 bits per heavy atom. The summed E-state index contributed by atoms with van der Waals surface area (Å²) in [7, 11) is 0. The summed E-state index contributed by atoms with van der Waals surface area (Å²) in [5.41, 5.74) is 4.68. The van der Waals surface area contributed by atoms with E-state index in [2.05, 4.69) is 36.5 Å². The summed E-state index contributed by atoms with van der Waals surface area (Å²) in [6.07, 6.45) is 5.43. The number of carbonyl (C=O) groups is 1. The molecule has 0 atom stereocenters. The Kier molecular flexibility index (Phi) is 4.15. The number of nitrogens with zero attached hydrogens (tertiary/aromatic N) is 3. The predicted octanol–water partition coefficient (Wildman–Crippen LogP) is 3.73. The maximum atomic E-state index is 12.7. The van der Waals surface area contributed by atoms with E-state index in [1.165, 1.54) is 18.4 Å². The van der Waals surface area contributed by atoms with Crippen LogP contribution >= 0.6 is 0 Å². The highest BCUT2D eigenvalue weighted by atomic mass is 16.1. The Morgan fingerprint density at radius 2 is 1.92 bits per heavy atom. The van der Waals surface area contributed by atoms with Crippen LogP contribution in [-0.4, -0.2) is 27.9 Å². The molecule has 2 heterocycles. The average molecular weight is 336 g/mol. The summed E-state index contributed by atoms with van der Waals surface area (Å²) in [6.45, 7) is 4.57. The molecule has 1 saturated carbocycles. The number of rotatable bonds is 3. The molecule has 1 aromatic heterocycles. The highest BCUT2D eigenvalue weighted by Crippen LogP contribution is 2.36. The van der Waals surface area contributed by atoms with Gasteiger partial charge in [-0.1, -0.05) is 49.6 Å². The van der Waals surface area contributed by atoms with E-state index >= 15 is 0 Å². The zero-order valence-corrected chi connectivity index (χ0v) is 14.9. The van der Waals surface area contributed by atoms with Crippen LogP contribution in [0.25, 0.3) is 0 Å². The molecular formula is C20H24N4O. The normalized spacial score (nSPS) is 17.8. The van der Waals surface area contributed by atoms with Crippen LogP contribution in [-0.2, 0) is 6.42 Å². The molecule has 1 fully saturated rings. The van der Waals surface area contributed by atoms with Crippen molar-refractivity contribution in [2.75, 3.05) is 6.54 Å². The summed E-state index contributed by atoms with van der Waals surface area (Å²) in [5, 5.41) is 7.79. The second kappa shape index (κ2) is 6.47. The molecular weight excluding hydrogens is 312 g/mol. The SMILES string of the molecule is CCc1nn(C2CCCC2)c2c1C(=O)NCC(c1ccc(C)cc1)=N2. The molecule has 0 bridgehead atoms. The largest absolute Gasteiger partial charge is 0.346 e. The Bertz CT molecular complexity index is 826. The number of nitrogens with one attached hydrogen (secondary N) is 1. The first-order valence-electron chi connectivity index (χ1n) is 9.21. The summed E-state index contributed by atoms with van der Waals surface area (Å²) in [4.78, 5) is 17.6. The molecule has 1 amide bonds. The van der Waals surface area contributed by atoms with Crippen molar-refractivity contribution < 1.29 is 4.79 Å². The van der Waals surface area contributed by atoms with Gasteiger partial charge in [-0.3, -0.25) is 4.79 Å². The minimum atomic E-state index is -0.0537. The minimum absolute atomic E-state index is 0.0537. The van der Waals surface area contributed by atoms with Crippen LogP contribution in [0.5, 0.6) is 0 Å². The first kappa shape index (κ1) is 16.1. The molecule has 5 heteroatoms. The van der Waals surface area contributed by atoms with Gasteiger partial charge in [0, 0.05) is 0 Å². The lowest BCUT2D eigenvalue weighted by atomic mass is 10.1. The Morgan fingerprint density at radius 1 is 1.20 bits per heavy atom. The number of hydrogen-bond donors (Lipinski definition) is 1. The number of fused-ring (bicyclic) bond motifs is 1. The van der Waals surface area contributed by atoms with Crippen molar-refractivity contribution in [2.24, 2.45) is 4.99 Å². The number of benzene rings is 1. The van der Waals surface area contributed by atoms with Gasteiger partial charge in [-0.2, -0.15) is 5.10 Å². The third-order valence-electron chi connectivity index (χ3n) is 5.23. The molecule has 0 spiro atoms. The van der Waals surface area contributed by atoms with Gasteiger partial charge >= 0.3 is 0 Å². The quantitative estimate of drug-likeness (QED) is 0.928. The molecule has 1 aliphatic heterocycles. The summed E-state index contributed by atoms with van der Waals surface area (Å²) in [6, 6.07) is 8.67. The fourth-order valence-electron chi connectivity index (χ4n) is 3.79. The molecule has 2 aromatic rings. The standard InChI is InChI=1S/C20H24N4O/c1-3-16-18-19(24(23-16)15-6-4-5-7-15)22-17(12-21-20(18)25)14-10-8-13(2)9-11-14/h8-11,15H,3-7,12H2,1-2H3,(H,21,25). The van der Waals surface area contributed by atoms with Gasteiger partial charge in [0.2, 0.25) is 0 Å². The van der Waals surface area contributed by atoms with Crippen LogP contribution in [0.3, 0.4) is 0 Å². The smallest absolute Gasteiger partial charge is 0.257 e. The molecule has 0 unspecified atom stereocenters. The molecule has 5 nitrogen and oxygen atoms in total. The molecule has 1 aromatic carbocycles. The van der Waals surface area contributed by atoms with Crippen molar-refractivity contribution in [3.63, 3.8) is 0 Å². The number of aryl methyl sites for hydroxylation is 2. The van der Waals surface area contributed by atoms with Gasteiger partial charge in [0.15, 0.2) is 5.82 Å². The van der Waals surface area contributed by atoms with Gasteiger partial charge in [-0.05, 0) is 31.7 Å². The Hall–Kier alpha value is -2.43. The van der Waals surface area contributed by atoms with Crippen LogP contribution in [0.2, 0.25) is 0 Å². The van der Waals surface area contributed by atoms with E-state index in [4.69, 9.17) is 10.1 Å². The average Bonchev–Trinajstić information content (AvgIpc) is 3.23. The molecule has 1 aliphatic carbocycles. The molecule has 130 valence electrons. The summed E-state index contributed by atoms with van der Waals surface area (Å²) in [5.74, 6) is 0.691. The molecule has 0 radical (unpaired) electrons. The lowest BCUT2D eigenvalue weighted by Crippen LogP contribution is -2.28. The maximum Gasteiger partial charge on any atom is 0.257 e. The van der Waals surface area contributed by atoms with Crippen molar-refractivity contribution in [3.8, 4) is 0 Å². The summed E-state index contributed by atoms with van der Waals surface area (Å²) >= 11 is 0. The van der Waals surface area contributed by atoms with E-state index in [-0.39, 0.29) is 5.91 Å². The van der Waals surface area contributed by atoms with Crippen molar-refractivity contribution in [1.82, 2.24) is 15.1 Å². The van der Waals surface area contributed by atoms with Gasteiger partial charge < -0.3 is 5.32 Å². The fraction of sp³-hybridized carbons (Fsp3) is 0.450. The predicted molar refractivity (Wildman–Crippen MR) is 98.8 cm³/mol. The number of carbonyl (C=O) groups excluding carboxylic acids is 1. The second-order valence-corrected chi connectivity index (χ2v) is 6.99. The molecule has 2 aliphatic rings. The first-order chi connectivity index (χ1) is 12.2. The highest BCUT2D eigenvalue weighted by molar-refractivity contribution is 6.10. The van der Waals surface area contributed by atoms with Gasteiger partial charge in [-0.25, -0.2) is 9.67 Å². The summed E-state index contributed by atoms with van der Waals surface area (Å²) < 4.78 is 2.03.